The van der Waals surface area contributed by atoms with Gasteiger partial charge in [0.1, 0.15) is 0 Å². The van der Waals surface area contributed by atoms with Gasteiger partial charge in [-0.05, 0) is 19.1 Å². The van der Waals surface area contributed by atoms with E-state index in [-0.39, 0.29) is 0 Å². The monoisotopic (exact) mass is 232 g/mol. The van der Waals surface area contributed by atoms with Gasteiger partial charge in [-0.25, -0.2) is 0 Å². The summed E-state index contributed by atoms with van der Waals surface area (Å²) in [5.41, 5.74) is 0. The molecule has 14 heavy (non-hydrogen) atoms. The molecule has 0 amide bonds. The fourth-order valence-corrected chi connectivity index (χ4v) is 3.18. The zero-order valence-electron chi connectivity index (χ0n) is 9.41. The maximum absolute atomic E-state index is 4.67. The van der Waals surface area contributed by atoms with Crippen LogP contribution in [-0.2, 0) is 0 Å². The summed E-state index contributed by atoms with van der Waals surface area (Å²) < 4.78 is 0. The normalized spacial score (nSPS) is 23.8. The summed E-state index contributed by atoms with van der Waals surface area (Å²) in [5.74, 6) is 2.95. The molecule has 0 fully saturated rings. The Bertz CT molecular complexity index is 204. The fourth-order valence-electron chi connectivity index (χ4n) is 1.31. The predicted octanol–water partition coefficient (Wildman–Crippen LogP) is 2.45. The van der Waals surface area contributed by atoms with E-state index in [1.165, 1.54) is 0 Å². The van der Waals surface area contributed by atoms with E-state index in [1.807, 2.05) is 23.5 Å². The maximum Gasteiger partial charge on any atom is 0.157 e. The van der Waals surface area contributed by atoms with E-state index in [4.69, 9.17) is 0 Å². The van der Waals surface area contributed by atoms with Gasteiger partial charge in [0.25, 0.3) is 0 Å². The van der Waals surface area contributed by atoms with Crippen LogP contribution in [0.3, 0.4) is 0 Å². The number of amidine groups is 1. The van der Waals surface area contributed by atoms with Crippen molar-refractivity contribution in [1.82, 2.24) is 5.32 Å². The van der Waals surface area contributed by atoms with E-state index >= 15 is 0 Å². The van der Waals surface area contributed by atoms with Gasteiger partial charge in [-0.3, -0.25) is 4.99 Å². The number of nitrogens with one attached hydrogen (secondary N) is 1. The summed E-state index contributed by atoms with van der Waals surface area (Å²) in [6.07, 6.45) is 2.14. The molecule has 0 bridgehead atoms. The van der Waals surface area contributed by atoms with Crippen molar-refractivity contribution in [3.8, 4) is 0 Å². The lowest BCUT2D eigenvalue weighted by Gasteiger charge is -2.12. The van der Waals surface area contributed by atoms with Gasteiger partial charge in [0.2, 0.25) is 0 Å². The molecule has 4 heteroatoms. The Kier molecular flexibility index (Phi) is 5.17. The molecule has 1 heterocycles. The Morgan fingerprint density at radius 3 is 2.79 bits per heavy atom. The molecule has 0 saturated carbocycles. The van der Waals surface area contributed by atoms with Crippen molar-refractivity contribution < 1.29 is 0 Å². The van der Waals surface area contributed by atoms with Gasteiger partial charge < -0.3 is 5.32 Å². The highest BCUT2D eigenvalue weighted by Gasteiger charge is 2.21. The van der Waals surface area contributed by atoms with Crippen LogP contribution in [0.2, 0.25) is 0 Å². The highest BCUT2D eigenvalue weighted by atomic mass is 32.2. The summed E-state index contributed by atoms with van der Waals surface area (Å²) in [6, 6.07) is 1.05. The summed E-state index contributed by atoms with van der Waals surface area (Å²) >= 11 is 3.74. The first kappa shape index (κ1) is 12.2. The quantitative estimate of drug-likeness (QED) is 0.806. The topological polar surface area (TPSA) is 24.4 Å². The molecule has 0 saturated heterocycles. The van der Waals surface area contributed by atoms with Gasteiger partial charge in [-0.1, -0.05) is 25.6 Å². The first-order chi connectivity index (χ1) is 6.63. The second kappa shape index (κ2) is 5.91. The number of aliphatic imine (C=N–C) groups is 1. The van der Waals surface area contributed by atoms with Crippen LogP contribution >= 0.6 is 23.5 Å². The molecule has 1 rings (SSSR count). The number of hydrogen-bond acceptors (Lipinski definition) is 4. The van der Waals surface area contributed by atoms with Crippen molar-refractivity contribution in [2.24, 2.45) is 10.9 Å². The third-order valence-electron chi connectivity index (χ3n) is 2.23. The molecule has 0 spiro atoms. The lowest BCUT2D eigenvalue weighted by atomic mass is 10.1. The SMILES string of the molecule is CSCC(C)NC1=NC(C(C)C)CS1. The molecule has 0 aromatic carbocycles. The van der Waals surface area contributed by atoms with Crippen LogP contribution < -0.4 is 5.32 Å². The Balaban J connectivity index is 2.36. The number of hydrogen-bond donors (Lipinski definition) is 1. The molecular weight excluding hydrogens is 212 g/mol. The summed E-state index contributed by atoms with van der Waals surface area (Å²) in [7, 11) is 0. The van der Waals surface area contributed by atoms with E-state index in [2.05, 4.69) is 37.3 Å². The van der Waals surface area contributed by atoms with Gasteiger partial charge in [0.15, 0.2) is 5.17 Å². The molecule has 0 aromatic heterocycles. The van der Waals surface area contributed by atoms with Crippen LogP contribution in [0.15, 0.2) is 4.99 Å². The third kappa shape index (κ3) is 3.73. The molecule has 2 atom stereocenters. The average molecular weight is 232 g/mol. The summed E-state index contributed by atoms with van der Waals surface area (Å²) in [4.78, 5) is 4.67. The zero-order valence-corrected chi connectivity index (χ0v) is 11.0. The fraction of sp³-hybridized carbons (Fsp3) is 0.900. The smallest absolute Gasteiger partial charge is 0.157 e. The lowest BCUT2D eigenvalue weighted by molar-refractivity contribution is 0.541. The van der Waals surface area contributed by atoms with Crippen LogP contribution in [0, 0.1) is 5.92 Å². The van der Waals surface area contributed by atoms with Gasteiger partial charge in [-0.2, -0.15) is 11.8 Å². The van der Waals surface area contributed by atoms with Crippen molar-refractivity contribution in [3.05, 3.63) is 0 Å². The Morgan fingerprint density at radius 1 is 1.57 bits per heavy atom. The molecule has 0 aliphatic carbocycles. The first-order valence-electron chi connectivity index (χ1n) is 5.09. The predicted molar refractivity (Wildman–Crippen MR) is 69.5 cm³/mol. The third-order valence-corrected chi connectivity index (χ3v) is 4.07. The molecular formula is C10H20N2S2. The summed E-state index contributed by atoms with van der Waals surface area (Å²) in [6.45, 7) is 6.69. The Morgan fingerprint density at radius 2 is 2.29 bits per heavy atom. The minimum absolute atomic E-state index is 0.518. The minimum atomic E-state index is 0.518. The van der Waals surface area contributed by atoms with E-state index in [0.717, 1.165) is 16.7 Å². The Labute approximate surface area is 95.7 Å². The Hall–Kier alpha value is 0.170. The number of nitrogens with zero attached hydrogens (tertiary/aromatic N) is 1. The molecule has 2 unspecified atom stereocenters. The highest BCUT2D eigenvalue weighted by molar-refractivity contribution is 8.14. The largest absolute Gasteiger partial charge is 0.362 e. The van der Waals surface area contributed by atoms with Crippen molar-refractivity contribution in [1.29, 1.82) is 0 Å². The molecule has 1 N–H and O–H groups in total. The van der Waals surface area contributed by atoms with Crippen LogP contribution in [0.4, 0.5) is 0 Å². The summed E-state index contributed by atoms with van der Waals surface area (Å²) in [5, 5.41) is 4.60. The molecule has 2 nitrogen and oxygen atoms in total. The van der Waals surface area contributed by atoms with E-state index in [1.54, 1.807) is 0 Å². The van der Waals surface area contributed by atoms with Gasteiger partial charge in [0.05, 0.1) is 6.04 Å². The number of thioether (sulfide) groups is 2. The zero-order chi connectivity index (χ0) is 10.6. The van der Waals surface area contributed by atoms with E-state index in [9.17, 15) is 0 Å². The van der Waals surface area contributed by atoms with Gasteiger partial charge in [0, 0.05) is 17.5 Å². The van der Waals surface area contributed by atoms with Crippen molar-refractivity contribution >= 4 is 28.7 Å². The second-order valence-electron chi connectivity index (χ2n) is 4.06. The van der Waals surface area contributed by atoms with Crippen molar-refractivity contribution in [3.63, 3.8) is 0 Å². The number of rotatable bonds is 4. The molecule has 82 valence electrons. The maximum atomic E-state index is 4.67. The van der Waals surface area contributed by atoms with E-state index in [0.29, 0.717) is 18.0 Å². The van der Waals surface area contributed by atoms with Gasteiger partial charge in [-0.15, -0.1) is 0 Å². The molecule has 1 aliphatic heterocycles. The average Bonchev–Trinajstić information content (AvgIpc) is 2.53. The molecule has 0 radical (unpaired) electrons. The minimum Gasteiger partial charge on any atom is -0.362 e. The van der Waals surface area contributed by atoms with Crippen LogP contribution in [0.1, 0.15) is 20.8 Å². The van der Waals surface area contributed by atoms with E-state index < -0.39 is 0 Å². The molecule has 1 aliphatic rings. The second-order valence-corrected chi connectivity index (χ2v) is 5.98. The molecule has 0 aromatic rings. The van der Waals surface area contributed by atoms with Crippen LogP contribution in [0.25, 0.3) is 0 Å². The highest BCUT2D eigenvalue weighted by Crippen LogP contribution is 2.22. The van der Waals surface area contributed by atoms with Crippen molar-refractivity contribution in [2.45, 2.75) is 32.9 Å². The lowest BCUT2D eigenvalue weighted by Crippen LogP contribution is -2.31. The van der Waals surface area contributed by atoms with Crippen molar-refractivity contribution in [2.75, 3.05) is 17.8 Å². The first-order valence-corrected chi connectivity index (χ1v) is 7.47. The van der Waals surface area contributed by atoms with Gasteiger partial charge >= 0.3 is 0 Å². The van der Waals surface area contributed by atoms with Crippen LogP contribution in [0.5, 0.6) is 0 Å². The van der Waals surface area contributed by atoms with Crippen LogP contribution in [-0.4, -0.2) is 35.0 Å². The standard InChI is InChI=1S/C10H20N2S2/c1-7(2)9-6-14-10(12-9)11-8(3)5-13-4/h7-9H,5-6H2,1-4H3,(H,11,12).